The summed E-state index contributed by atoms with van der Waals surface area (Å²) in [7, 11) is 1.62. The first-order valence-electron chi connectivity index (χ1n) is 10.3. The first kappa shape index (κ1) is 18.0. The molecule has 0 saturated carbocycles. The highest BCUT2D eigenvalue weighted by Gasteiger charge is 2.41. The van der Waals surface area contributed by atoms with Gasteiger partial charge in [-0.3, -0.25) is 4.79 Å². The summed E-state index contributed by atoms with van der Waals surface area (Å²) in [6, 6.07) is 14.1. The smallest absolute Gasteiger partial charge is 0.258 e. The topological polar surface area (TPSA) is 38.8 Å². The molecule has 0 radical (unpaired) electrons. The third-order valence-electron chi connectivity index (χ3n) is 6.15. The number of hydrogen-bond donors (Lipinski definition) is 0. The second-order valence-electron chi connectivity index (χ2n) is 8.20. The molecule has 2 aliphatic heterocycles. The van der Waals surface area contributed by atoms with Crippen molar-refractivity contribution in [2.75, 3.05) is 7.11 Å². The van der Waals surface area contributed by atoms with Crippen molar-refractivity contribution in [2.45, 2.75) is 38.8 Å². The van der Waals surface area contributed by atoms with E-state index in [9.17, 15) is 4.79 Å². The van der Waals surface area contributed by atoms with E-state index in [2.05, 4.69) is 19.1 Å². The third kappa shape index (κ3) is 3.13. The third-order valence-corrected chi connectivity index (χ3v) is 6.15. The molecular weight excluding hydrogens is 362 g/mol. The highest BCUT2D eigenvalue weighted by molar-refractivity contribution is 5.99. The number of rotatable bonds is 4. The van der Waals surface area contributed by atoms with Gasteiger partial charge in [-0.1, -0.05) is 43.3 Å². The summed E-state index contributed by atoms with van der Waals surface area (Å²) in [6.07, 6.45) is 7.23. The zero-order valence-corrected chi connectivity index (χ0v) is 16.9. The van der Waals surface area contributed by atoms with Gasteiger partial charge in [0, 0.05) is 17.3 Å². The first-order valence-corrected chi connectivity index (χ1v) is 10.3. The Morgan fingerprint density at radius 1 is 1.07 bits per heavy atom. The van der Waals surface area contributed by atoms with Gasteiger partial charge in [-0.2, -0.15) is 0 Å². The van der Waals surface area contributed by atoms with Crippen molar-refractivity contribution >= 4 is 5.91 Å². The Morgan fingerprint density at radius 2 is 1.90 bits per heavy atom. The normalized spacial score (nSPS) is 22.3. The zero-order valence-electron chi connectivity index (χ0n) is 16.9. The van der Waals surface area contributed by atoms with Crippen molar-refractivity contribution in [1.29, 1.82) is 0 Å². The number of ether oxygens (including phenoxy) is 2. The maximum Gasteiger partial charge on any atom is 0.258 e. The highest BCUT2D eigenvalue weighted by atomic mass is 16.5. The molecule has 2 atom stereocenters. The van der Waals surface area contributed by atoms with Gasteiger partial charge in [-0.05, 0) is 60.1 Å². The molecule has 3 aliphatic rings. The molecular formula is C25H25NO3. The standard InChI is InChI=1S/C25H25NO3/c1-16-8-9-22-19(10-16)12-20-11-18-13-24(29-15-17-6-4-3-5-7-17)23(28-2)14-21(18)25(27)26(20)22/h3-9,13-14,16,20H,10-12,15H2,1-2H3. The molecule has 29 heavy (non-hydrogen) atoms. The molecule has 0 spiro atoms. The second-order valence-corrected chi connectivity index (χ2v) is 8.20. The zero-order chi connectivity index (χ0) is 20.0. The van der Waals surface area contributed by atoms with Crippen molar-refractivity contribution in [3.8, 4) is 11.5 Å². The lowest BCUT2D eigenvalue weighted by Gasteiger charge is -2.33. The summed E-state index contributed by atoms with van der Waals surface area (Å²) in [4.78, 5) is 15.4. The van der Waals surface area contributed by atoms with Crippen molar-refractivity contribution in [3.63, 3.8) is 0 Å². The summed E-state index contributed by atoms with van der Waals surface area (Å²) >= 11 is 0. The van der Waals surface area contributed by atoms with Crippen LogP contribution in [0, 0.1) is 5.92 Å². The fraction of sp³-hybridized carbons (Fsp3) is 0.320. The predicted molar refractivity (Wildman–Crippen MR) is 112 cm³/mol. The van der Waals surface area contributed by atoms with E-state index >= 15 is 0 Å². The van der Waals surface area contributed by atoms with Crippen LogP contribution in [0.15, 0.2) is 65.9 Å². The van der Waals surface area contributed by atoms with Gasteiger partial charge in [0.15, 0.2) is 11.5 Å². The van der Waals surface area contributed by atoms with E-state index in [0.717, 1.165) is 41.6 Å². The average molecular weight is 387 g/mol. The van der Waals surface area contributed by atoms with Crippen LogP contribution in [-0.2, 0) is 13.0 Å². The largest absolute Gasteiger partial charge is 0.493 e. The van der Waals surface area contributed by atoms with Gasteiger partial charge in [0.25, 0.3) is 5.91 Å². The summed E-state index contributed by atoms with van der Waals surface area (Å²) in [5, 5.41) is 0. The molecule has 0 bridgehead atoms. The van der Waals surface area contributed by atoms with Gasteiger partial charge in [0.2, 0.25) is 0 Å². The summed E-state index contributed by atoms with van der Waals surface area (Å²) in [5.41, 5.74) is 5.41. The van der Waals surface area contributed by atoms with Crippen molar-refractivity contribution < 1.29 is 14.3 Å². The Morgan fingerprint density at radius 3 is 2.69 bits per heavy atom. The van der Waals surface area contributed by atoms with Crippen LogP contribution in [-0.4, -0.2) is 24.0 Å². The van der Waals surface area contributed by atoms with Gasteiger partial charge in [0.1, 0.15) is 6.61 Å². The number of methoxy groups -OCH3 is 1. The quantitative estimate of drug-likeness (QED) is 0.749. The highest BCUT2D eigenvalue weighted by Crippen LogP contribution is 2.43. The minimum atomic E-state index is 0.0772. The lowest BCUT2D eigenvalue weighted by molar-refractivity contribution is 0.0750. The molecule has 0 aromatic heterocycles. The summed E-state index contributed by atoms with van der Waals surface area (Å²) in [5.74, 6) is 1.92. The SMILES string of the molecule is COc1cc2c(cc1OCc1ccccc1)CC1CC3=C(C=CC(C)C3)N1C2=O. The molecule has 2 unspecified atom stereocenters. The molecule has 0 fully saturated rings. The Kier molecular flexibility index (Phi) is 4.42. The minimum Gasteiger partial charge on any atom is -0.493 e. The van der Waals surface area contributed by atoms with Crippen LogP contribution in [0.1, 0.15) is 41.3 Å². The average Bonchev–Trinajstić information content (AvgIpc) is 3.10. The predicted octanol–water partition coefficient (Wildman–Crippen LogP) is 4.89. The van der Waals surface area contributed by atoms with Crippen LogP contribution >= 0.6 is 0 Å². The number of amides is 1. The second kappa shape index (κ2) is 7.11. The number of carbonyl (C=O) groups excluding carboxylic acids is 1. The Hall–Kier alpha value is -3.01. The number of fused-ring (bicyclic) bond motifs is 3. The maximum atomic E-state index is 13.4. The van der Waals surface area contributed by atoms with Crippen molar-refractivity contribution in [3.05, 3.63) is 82.6 Å². The molecule has 2 aromatic rings. The fourth-order valence-electron chi connectivity index (χ4n) is 4.75. The number of carbonyl (C=O) groups is 1. The molecule has 5 rings (SSSR count). The van der Waals surface area contributed by atoms with Crippen LogP contribution < -0.4 is 9.47 Å². The van der Waals surface area contributed by atoms with Crippen LogP contribution in [0.2, 0.25) is 0 Å². The van der Waals surface area contributed by atoms with Crippen molar-refractivity contribution in [1.82, 2.24) is 4.90 Å². The minimum absolute atomic E-state index is 0.0772. The van der Waals surface area contributed by atoms with E-state index in [1.165, 1.54) is 5.57 Å². The summed E-state index contributed by atoms with van der Waals surface area (Å²) < 4.78 is 11.6. The Labute approximate surface area is 171 Å². The lowest BCUT2D eigenvalue weighted by Crippen LogP contribution is -2.41. The Balaban J connectivity index is 1.44. The van der Waals surface area contributed by atoms with E-state index in [-0.39, 0.29) is 11.9 Å². The van der Waals surface area contributed by atoms with E-state index in [1.807, 2.05) is 47.4 Å². The van der Waals surface area contributed by atoms with Gasteiger partial charge in [-0.15, -0.1) is 0 Å². The van der Waals surface area contributed by atoms with Crippen LogP contribution in [0.25, 0.3) is 0 Å². The molecule has 0 N–H and O–H groups in total. The number of hydrogen-bond acceptors (Lipinski definition) is 3. The van der Waals surface area contributed by atoms with E-state index in [0.29, 0.717) is 24.0 Å². The van der Waals surface area contributed by atoms with Gasteiger partial charge < -0.3 is 14.4 Å². The molecule has 1 aliphatic carbocycles. The molecule has 4 heteroatoms. The number of allylic oxidation sites excluding steroid dienone is 2. The van der Waals surface area contributed by atoms with Crippen LogP contribution in [0.3, 0.4) is 0 Å². The van der Waals surface area contributed by atoms with Crippen LogP contribution in [0.4, 0.5) is 0 Å². The van der Waals surface area contributed by atoms with E-state index < -0.39 is 0 Å². The van der Waals surface area contributed by atoms with E-state index in [4.69, 9.17) is 9.47 Å². The first-order chi connectivity index (χ1) is 14.1. The van der Waals surface area contributed by atoms with Gasteiger partial charge in [-0.25, -0.2) is 0 Å². The molecule has 0 saturated heterocycles. The monoisotopic (exact) mass is 387 g/mol. The van der Waals surface area contributed by atoms with Gasteiger partial charge in [0.05, 0.1) is 7.11 Å². The molecule has 4 nitrogen and oxygen atoms in total. The Bertz CT molecular complexity index is 1020. The van der Waals surface area contributed by atoms with Gasteiger partial charge >= 0.3 is 0 Å². The van der Waals surface area contributed by atoms with Crippen LogP contribution in [0.5, 0.6) is 11.5 Å². The molecule has 148 valence electrons. The molecule has 2 aromatic carbocycles. The number of nitrogens with zero attached hydrogens (tertiary/aromatic N) is 1. The maximum absolute atomic E-state index is 13.4. The number of benzene rings is 2. The van der Waals surface area contributed by atoms with Crippen molar-refractivity contribution in [2.24, 2.45) is 5.92 Å². The fourth-order valence-corrected chi connectivity index (χ4v) is 4.75. The molecule has 1 amide bonds. The molecule has 2 heterocycles. The summed E-state index contributed by atoms with van der Waals surface area (Å²) in [6.45, 7) is 2.70. The van der Waals surface area contributed by atoms with E-state index in [1.54, 1.807) is 7.11 Å². The lowest BCUT2D eigenvalue weighted by atomic mass is 9.90.